The van der Waals surface area contributed by atoms with Crippen LogP contribution in [0.2, 0.25) is 0 Å². The minimum atomic E-state index is -0.0867. The summed E-state index contributed by atoms with van der Waals surface area (Å²) in [6.45, 7) is 3.25. The number of methoxy groups -OCH3 is 4. The highest BCUT2D eigenvalue weighted by Crippen LogP contribution is 2.38. The summed E-state index contributed by atoms with van der Waals surface area (Å²) in [5, 5.41) is 0. The van der Waals surface area contributed by atoms with E-state index in [0.29, 0.717) is 73.3 Å². The summed E-state index contributed by atoms with van der Waals surface area (Å²) in [6.07, 6.45) is 0.425. The molecule has 8 heteroatoms. The Bertz CT molecular complexity index is 928. The van der Waals surface area contributed by atoms with Crippen LogP contribution in [0.25, 0.3) is 0 Å². The van der Waals surface area contributed by atoms with Gasteiger partial charge in [0, 0.05) is 50.3 Å². The molecule has 32 heavy (non-hydrogen) atoms. The number of carbonyl (C=O) groups is 2. The maximum atomic E-state index is 13.0. The molecule has 1 aliphatic heterocycles. The van der Waals surface area contributed by atoms with Gasteiger partial charge in [0.1, 0.15) is 5.75 Å². The normalized spacial score (nSPS) is 14.1. The molecule has 1 aliphatic rings. The van der Waals surface area contributed by atoms with Crippen LogP contribution in [0.1, 0.15) is 27.1 Å². The molecule has 0 atom stereocenters. The first-order chi connectivity index (χ1) is 15.5. The minimum Gasteiger partial charge on any atom is -0.497 e. The average molecular weight is 443 g/mol. The van der Waals surface area contributed by atoms with Crippen molar-refractivity contribution in [2.75, 3.05) is 61.2 Å². The smallest absolute Gasteiger partial charge is 0.254 e. The van der Waals surface area contributed by atoms with E-state index in [2.05, 4.69) is 4.90 Å². The molecule has 0 saturated carbocycles. The van der Waals surface area contributed by atoms with Gasteiger partial charge in [-0.2, -0.15) is 0 Å². The summed E-state index contributed by atoms with van der Waals surface area (Å²) >= 11 is 0. The number of hydrogen-bond donors (Lipinski definition) is 0. The van der Waals surface area contributed by atoms with E-state index in [9.17, 15) is 9.59 Å². The number of rotatable bonds is 9. The Hall–Kier alpha value is -3.26. The van der Waals surface area contributed by atoms with Gasteiger partial charge in [0.2, 0.25) is 5.75 Å². The van der Waals surface area contributed by atoms with Crippen molar-refractivity contribution < 1.29 is 28.5 Å². The fourth-order valence-corrected chi connectivity index (χ4v) is 3.76. The first-order valence-corrected chi connectivity index (χ1v) is 10.5. The molecule has 0 N–H and O–H groups in total. The van der Waals surface area contributed by atoms with Gasteiger partial charge in [-0.15, -0.1) is 0 Å². The lowest BCUT2D eigenvalue weighted by Gasteiger charge is -2.34. The lowest BCUT2D eigenvalue weighted by atomic mass is 10.1. The highest BCUT2D eigenvalue weighted by Gasteiger charge is 2.25. The van der Waals surface area contributed by atoms with E-state index in [0.717, 1.165) is 0 Å². The number of ether oxygens (including phenoxy) is 4. The van der Waals surface area contributed by atoms with Gasteiger partial charge in [0.25, 0.3) is 5.91 Å². The van der Waals surface area contributed by atoms with Crippen molar-refractivity contribution in [3.8, 4) is 23.0 Å². The summed E-state index contributed by atoms with van der Waals surface area (Å²) < 4.78 is 21.2. The highest BCUT2D eigenvalue weighted by atomic mass is 16.5. The summed E-state index contributed by atoms with van der Waals surface area (Å²) in [6, 6.07) is 10.5. The van der Waals surface area contributed by atoms with Crippen LogP contribution in [0, 0.1) is 0 Å². The van der Waals surface area contributed by atoms with Crippen molar-refractivity contribution in [2.24, 2.45) is 0 Å². The van der Waals surface area contributed by atoms with E-state index in [1.807, 2.05) is 12.1 Å². The fraction of sp³-hybridized carbons (Fsp3) is 0.417. The van der Waals surface area contributed by atoms with Crippen molar-refractivity contribution in [3.63, 3.8) is 0 Å². The molecule has 0 radical (unpaired) electrons. The molecule has 0 bridgehead atoms. The predicted octanol–water partition coefficient (Wildman–Crippen LogP) is 2.75. The van der Waals surface area contributed by atoms with Gasteiger partial charge in [-0.3, -0.25) is 14.5 Å². The molecule has 0 unspecified atom stereocenters. The van der Waals surface area contributed by atoms with Gasteiger partial charge in [0.05, 0.1) is 28.4 Å². The van der Waals surface area contributed by atoms with Gasteiger partial charge in [0.15, 0.2) is 17.3 Å². The fourth-order valence-electron chi connectivity index (χ4n) is 3.76. The third-order valence-corrected chi connectivity index (χ3v) is 5.62. The Balaban J connectivity index is 1.56. The van der Waals surface area contributed by atoms with Crippen molar-refractivity contribution in [3.05, 3.63) is 47.5 Å². The molecule has 1 amide bonds. The zero-order valence-corrected chi connectivity index (χ0v) is 19.1. The zero-order chi connectivity index (χ0) is 23.1. The number of carbonyl (C=O) groups excluding carboxylic acids is 2. The van der Waals surface area contributed by atoms with Gasteiger partial charge >= 0.3 is 0 Å². The Labute approximate surface area is 188 Å². The first-order valence-electron chi connectivity index (χ1n) is 10.5. The summed E-state index contributed by atoms with van der Waals surface area (Å²) in [7, 11) is 6.16. The van der Waals surface area contributed by atoms with Crippen LogP contribution in [-0.2, 0) is 0 Å². The minimum absolute atomic E-state index is 0.0832. The molecule has 1 heterocycles. The molecule has 3 rings (SSSR count). The van der Waals surface area contributed by atoms with Crippen LogP contribution in [0.3, 0.4) is 0 Å². The van der Waals surface area contributed by atoms with E-state index in [1.165, 1.54) is 21.3 Å². The number of benzene rings is 2. The van der Waals surface area contributed by atoms with Crippen LogP contribution in [0.5, 0.6) is 23.0 Å². The summed E-state index contributed by atoms with van der Waals surface area (Å²) in [4.78, 5) is 29.6. The Morgan fingerprint density at radius 3 is 2.03 bits per heavy atom. The monoisotopic (exact) mass is 442 g/mol. The number of hydrogen-bond acceptors (Lipinski definition) is 7. The van der Waals surface area contributed by atoms with Gasteiger partial charge < -0.3 is 23.8 Å². The van der Waals surface area contributed by atoms with Crippen molar-refractivity contribution in [2.45, 2.75) is 6.42 Å². The maximum Gasteiger partial charge on any atom is 0.254 e. The van der Waals surface area contributed by atoms with Crippen LogP contribution >= 0.6 is 0 Å². The predicted molar refractivity (Wildman–Crippen MR) is 120 cm³/mol. The van der Waals surface area contributed by atoms with Crippen molar-refractivity contribution >= 4 is 11.7 Å². The second kappa shape index (κ2) is 10.9. The molecule has 0 spiro atoms. The quantitative estimate of drug-likeness (QED) is 0.553. The Morgan fingerprint density at radius 1 is 0.812 bits per heavy atom. The molecule has 172 valence electrons. The Kier molecular flexibility index (Phi) is 7.94. The lowest BCUT2D eigenvalue weighted by Crippen LogP contribution is -2.49. The van der Waals surface area contributed by atoms with Crippen LogP contribution in [0.15, 0.2) is 36.4 Å². The standard InChI is InChI=1S/C24H30N2O6/c1-29-19-7-5-6-17(14-19)20(27)8-9-25-10-12-26(13-11-25)24(28)18-15-21(30-2)23(32-4)22(16-18)31-3/h5-7,14-16H,8-13H2,1-4H3. The van der Waals surface area contributed by atoms with Gasteiger partial charge in [-0.1, -0.05) is 12.1 Å². The topological polar surface area (TPSA) is 77.5 Å². The second-order valence-electron chi connectivity index (χ2n) is 7.45. The van der Waals surface area contributed by atoms with E-state index in [4.69, 9.17) is 18.9 Å². The molecule has 1 saturated heterocycles. The third-order valence-electron chi connectivity index (χ3n) is 5.62. The Morgan fingerprint density at radius 2 is 1.47 bits per heavy atom. The first kappa shape index (κ1) is 23.4. The molecule has 2 aromatic rings. The van der Waals surface area contributed by atoms with Crippen LogP contribution in [0.4, 0.5) is 0 Å². The molecular formula is C24H30N2O6. The average Bonchev–Trinajstić information content (AvgIpc) is 2.86. The SMILES string of the molecule is COc1cccc(C(=O)CCN2CCN(C(=O)c3cc(OC)c(OC)c(OC)c3)CC2)c1. The molecular weight excluding hydrogens is 412 g/mol. The van der Waals surface area contributed by atoms with E-state index in [-0.39, 0.29) is 11.7 Å². The molecule has 2 aromatic carbocycles. The number of piperazine rings is 1. The van der Waals surface area contributed by atoms with Gasteiger partial charge in [-0.05, 0) is 24.3 Å². The summed E-state index contributed by atoms with van der Waals surface area (Å²) in [5.74, 6) is 2.03. The van der Waals surface area contributed by atoms with Crippen LogP contribution in [-0.4, -0.2) is 82.7 Å². The maximum absolute atomic E-state index is 13.0. The third kappa shape index (κ3) is 5.31. The number of nitrogens with zero attached hydrogens (tertiary/aromatic N) is 2. The zero-order valence-electron chi connectivity index (χ0n) is 19.1. The second-order valence-corrected chi connectivity index (χ2v) is 7.45. The number of amides is 1. The van der Waals surface area contributed by atoms with E-state index in [1.54, 1.807) is 36.3 Å². The van der Waals surface area contributed by atoms with Gasteiger partial charge in [-0.25, -0.2) is 0 Å². The van der Waals surface area contributed by atoms with E-state index < -0.39 is 0 Å². The number of ketones is 1. The highest BCUT2D eigenvalue weighted by molar-refractivity contribution is 5.97. The molecule has 8 nitrogen and oxygen atoms in total. The largest absolute Gasteiger partial charge is 0.497 e. The lowest BCUT2D eigenvalue weighted by molar-refractivity contribution is 0.0627. The van der Waals surface area contributed by atoms with Crippen molar-refractivity contribution in [1.82, 2.24) is 9.80 Å². The molecule has 1 fully saturated rings. The summed E-state index contributed by atoms with van der Waals surface area (Å²) in [5.41, 5.74) is 1.14. The van der Waals surface area contributed by atoms with Crippen molar-refractivity contribution in [1.29, 1.82) is 0 Å². The van der Waals surface area contributed by atoms with Crippen LogP contribution < -0.4 is 18.9 Å². The molecule has 0 aliphatic carbocycles. The van der Waals surface area contributed by atoms with E-state index >= 15 is 0 Å². The number of Topliss-reactive ketones (excluding diaryl/α,β-unsaturated/α-hetero) is 1. The molecule has 0 aromatic heterocycles.